The van der Waals surface area contributed by atoms with Gasteiger partial charge in [-0.1, -0.05) is 0 Å². The van der Waals surface area contributed by atoms with Gasteiger partial charge in [-0.25, -0.2) is 0 Å². The van der Waals surface area contributed by atoms with E-state index in [9.17, 15) is 9.59 Å². The molecule has 0 aromatic carbocycles. The van der Waals surface area contributed by atoms with Gasteiger partial charge in [0.1, 0.15) is 0 Å². The van der Waals surface area contributed by atoms with Crippen LogP contribution in [0.3, 0.4) is 0 Å². The highest BCUT2D eigenvalue weighted by atomic mass is 32.2. The lowest BCUT2D eigenvalue weighted by Crippen LogP contribution is -2.40. The van der Waals surface area contributed by atoms with Crippen LogP contribution in [0.25, 0.3) is 0 Å². The molecule has 2 unspecified atom stereocenters. The Morgan fingerprint density at radius 1 is 1.53 bits per heavy atom. The van der Waals surface area contributed by atoms with Gasteiger partial charge in [-0.15, -0.1) is 0 Å². The van der Waals surface area contributed by atoms with Crippen molar-refractivity contribution in [2.75, 3.05) is 18.1 Å². The lowest BCUT2D eigenvalue weighted by molar-refractivity contribution is -0.141. The fourth-order valence-electron chi connectivity index (χ4n) is 2.22. The van der Waals surface area contributed by atoms with E-state index in [2.05, 4.69) is 0 Å². The second-order valence-corrected chi connectivity index (χ2v) is 5.31. The molecule has 5 heteroatoms. The fraction of sp³-hybridized carbons (Fsp3) is 0.800. The van der Waals surface area contributed by atoms with Gasteiger partial charge in [0, 0.05) is 24.8 Å². The summed E-state index contributed by atoms with van der Waals surface area (Å²) in [4.78, 5) is 24.2. The molecule has 2 aliphatic heterocycles. The number of carboxylic acid groups (broad SMARTS) is 1. The number of hydrogen-bond donors (Lipinski definition) is 1. The predicted molar refractivity (Wildman–Crippen MR) is 57.8 cm³/mol. The molecule has 2 rings (SSSR count). The Hall–Kier alpha value is -0.710. The molecule has 1 amide bonds. The van der Waals surface area contributed by atoms with Gasteiger partial charge >= 0.3 is 5.97 Å². The second-order valence-electron chi connectivity index (χ2n) is 4.16. The third-order valence-corrected chi connectivity index (χ3v) is 4.28. The lowest BCUT2D eigenvalue weighted by Gasteiger charge is -2.30. The molecule has 2 heterocycles. The number of amides is 1. The monoisotopic (exact) mass is 229 g/mol. The topological polar surface area (TPSA) is 57.6 Å². The van der Waals surface area contributed by atoms with E-state index in [-0.39, 0.29) is 18.4 Å². The summed E-state index contributed by atoms with van der Waals surface area (Å²) in [6.07, 6.45) is 2.36. The Labute approximate surface area is 93.0 Å². The molecule has 0 aliphatic carbocycles. The third-order valence-electron chi connectivity index (χ3n) is 3.08. The normalized spacial score (nSPS) is 32.0. The highest BCUT2D eigenvalue weighted by Gasteiger charge is 2.38. The number of hydrogen-bond acceptors (Lipinski definition) is 3. The van der Waals surface area contributed by atoms with Crippen LogP contribution in [0.4, 0.5) is 0 Å². The first-order chi connectivity index (χ1) is 7.18. The van der Waals surface area contributed by atoms with Crippen molar-refractivity contribution in [1.29, 1.82) is 0 Å². The van der Waals surface area contributed by atoms with E-state index in [0.717, 1.165) is 18.6 Å². The van der Waals surface area contributed by atoms with Gasteiger partial charge < -0.3 is 10.0 Å². The zero-order chi connectivity index (χ0) is 10.8. The van der Waals surface area contributed by atoms with Gasteiger partial charge in [-0.2, -0.15) is 11.8 Å². The minimum Gasteiger partial charge on any atom is -0.481 e. The van der Waals surface area contributed by atoms with Crippen LogP contribution in [0.15, 0.2) is 0 Å². The average molecular weight is 229 g/mol. The van der Waals surface area contributed by atoms with E-state index >= 15 is 0 Å². The molecule has 4 nitrogen and oxygen atoms in total. The zero-order valence-electron chi connectivity index (χ0n) is 8.52. The first-order valence-corrected chi connectivity index (χ1v) is 6.44. The quantitative estimate of drug-likeness (QED) is 0.761. The molecule has 0 saturated carbocycles. The Morgan fingerprint density at radius 3 is 2.87 bits per heavy atom. The summed E-state index contributed by atoms with van der Waals surface area (Å²) in [5.74, 6) is 0.840. The lowest BCUT2D eigenvalue weighted by atomic mass is 10.1. The zero-order valence-corrected chi connectivity index (χ0v) is 9.33. The van der Waals surface area contributed by atoms with Gasteiger partial charge in [0.25, 0.3) is 0 Å². The van der Waals surface area contributed by atoms with Crippen molar-refractivity contribution in [3.63, 3.8) is 0 Å². The molecule has 2 atom stereocenters. The van der Waals surface area contributed by atoms with E-state index < -0.39 is 11.9 Å². The summed E-state index contributed by atoms with van der Waals surface area (Å²) >= 11 is 1.86. The third kappa shape index (κ3) is 2.27. The van der Waals surface area contributed by atoms with Crippen LogP contribution in [0, 0.1) is 5.92 Å². The van der Waals surface area contributed by atoms with Crippen molar-refractivity contribution in [2.24, 2.45) is 5.92 Å². The second kappa shape index (κ2) is 4.43. The maximum Gasteiger partial charge on any atom is 0.308 e. The van der Waals surface area contributed by atoms with Gasteiger partial charge in [-0.05, 0) is 18.6 Å². The smallest absolute Gasteiger partial charge is 0.308 e. The first-order valence-electron chi connectivity index (χ1n) is 5.28. The summed E-state index contributed by atoms with van der Waals surface area (Å²) in [5.41, 5.74) is 0. The summed E-state index contributed by atoms with van der Waals surface area (Å²) in [7, 11) is 0. The van der Waals surface area contributed by atoms with E-state index in [0.29, 0.717) is 6.54 Å². The van der Waals surface area contributed by atoms with Gasteiger partial charge in [0.2, 0.25) is 5.91 Å². The molecular weight excluding hydrogens is 214 g/mol. The van der Waals surface area contributed by atoms with E-state index in [1.54, 1.807) is 4.90 Å². The van der Waals surface area contributed by atoms with E-state index in [1.807, 2.05) is 11.8 Å². The molecule has 84 valence electrons. The van der Waals surface area contributed by atoms with Crippen molar-refractivity contribution in [1.82, 2.24) is 4.90 Å². The highest BCUT2D eigenvalue weighted by Crippen LogP contribution is 2.27. The molecule has 0 aromatic heterocycles. The van der Waals surface area contributed by atoms with Crippen LogP contribution in [0.5, 0.6) is 0 Å². The first kappa shape index (κ1) is 10.8. The molecule has 0 bridgehead atoms. The Kier molecular flexibility index (Phi) is 3.19. The number of carboxylic acids is 1. The predicted octanol–water partition coefficient (Wildman–Crippen LogP) is 0.815. The number of rotatable bonds is 2. The van der Waals surface area contributed by atoms with E-state index in [1.165, 1.54) is 5.75 Å². The van der Waals surface area contributed by atoms with Crippen LogP contribution < -0.4 is 0 Å². The van der Waals surface area contributed by atoms with Crippen molar-refractivity contribution >= 4 is 23.6 Å². The van der Waals surface area contributed by atoms with Crippen LogP contribution in [0.2, 0.25) is 0 Å². The minimum absolute atomic E-state index is 0.0231. The molecule has 2 aliphatic rings. The van der Waals surface area contributed by atoms with Crippen molar-refractivity contribution < 1.29 is 14.7 Å². The maximum absolute atomic E-state index is 11.6. The number of nitrogens with zero attached hydrogens (tertiary/aromatic N) is 1. The van der Waals surface area contributed by atoms with Crippen molar-refractivity contribution in [2.45, 2.75) is 25.3 Å². The van der Waals surface area contributed by atoms with Crippen molar-refractivity contribution in [3.8, 4) is 0 Å². The largest absolute Gasteiger partial charge is 0.481 e. The average Bonchev–Trinajstić information content (AvgIpc) is 2.62. The number of carbonyl (C=O) groups is 2. The summed E-state index contributed by atoms with van der Waals surface area (Å²) in [5, 5.41) is 8.86. The number of carbonyl (C=O) groups excluding carboxylic acids is 1. The number of aliphatic carboxylic acids is 1. The minimum atomic E-state index is -0.839. The van der Waals surface area contributed by atoms with Crippen LogP contribution in [-0.4, -0.2) is 46.0 Å². The molecule has 15 heavy (non-hydrogen) atoms. The van der Waals surface area contributed by atoms with Gasteiger partial charge in [-0.3, -0.25) is 9.59 Å². The van der Waals surface area contributed by atoms with Crippen LogP contribution in [-0.2, 0) is 9.59 Å². The molecule has 2 fully saturated rings. The standard InChI is InChI=1S/C10H15NO3S/c12-9-4-7(10(13)14)5-11(9)8-2-1-3-15-6-8/h7-8H,1-6H2,(H,13,14). The summed E-state index contributed by atoms with van der Waals surface area (Å²) in [6, 6.07) is 0.278. The fourth-order valence-corrected chi connectivity index (χ4v) is 3.38. The summed E-state index contributed by atoms with van der Waals surface area (Å²) < 4.78 is 0. The maximum atomic E-state index is 11.6. The summed E-state index contributed by atoms with van der Waals surface area (Å²) in [6.45, 7) is 0.416. The molecule has 0 spiro atoms. The Morgan fingerprint density at radius 2 is 2.33 bits per heavy atom. The number of likely N-dealkylation sites (tertiary alicyclic amines) is 1. The van der Waals surface area contributed by atoms with Crippen LogP contribution in [0.1, 0.15) is 19.3 Å². The molecule has 0 aromatic rings. The Bertz CT molecular complexity index is 276. The van der Waals surface area contributed by atoms with Crippen molar-refractivity contribution in [3.05, 3.63) is 0 Å². The van der Waals surface area contributed by atoms with Crippen LogP contribution >= 0.6 is 11.8 Å². The molecule has 0 radical (unpaired) electrons. The number of thioether (sulfide) groups is 1. The van der Waals surface area contributed by atoms with Gasteiger partial charge in [0.05, 0.1) is 5.92 Å². The molecule has 1 N–H and O–H groups in total. The SMILES string of the molecule is O=C(O)C1CC(=O)N(C2CCCSC2)C1. The van der Waals surface area contributed by atoms with Gasteiger partial charge in [0.15, 0.2) is 0 Å². The van der Waals surface area contributed by atoms with E-state index in [4.69, 9.17) is 5.11 Å². The highest BCUT2D eigenvalue weighted by molar-refractivity contribution is 7.99. The molecule has 2 saturated heterocycles. The Balaban J connectivity index is 1.97. The molecular formula is C10H15NO3S.